The molecule has 0 fully saturated rings. The van der Waals surface area contributed by atoms with Crippen molar-refractivity contribution >= 4 is 21.6 Å². The molecular formula is C19H19F4N3O4S. The highest BCUT2D eigenvalue weighted by Gasteiger charge is 2.39. The van der Waals surface area contributed by atoms with Crippen LogP contribution in [0, 0.1) is 5.82 Å². The van der Waals surface area contributed by atoms with Crippen LogP contribution in [0.3, 0.4) is 0 Å². The lowest BCUT2D eigenvalue weighted by atomic mass is 9.93. The van der Waals surface area contributed by atoms with Crippen molar-refractivity contribution in [3.05, 3.63) is 59.7 Å². The maximum absolute atomic E-state index is 13.5. The lowest BCUT2D eigenvalue weighted by Gasteiger charge is -2.27. The molecule has 0 spiro atoms. The molecule has 1 atom stereocenters. The number of benzene rings is 1. The Bertz CT molecular complexity index is 1160. The average Bonchev–Trinajstić information content (AvgIpc) is 2.98. The molecule has 0 saturated carbocycles. The van der Waals surface area contributed by atoms with Crippen LogP contribution in [0.4, 0.5) is 23.2 Å². The number of aliphatic hydroxyl groups is 1. The first kappa shape index (κ1) is 23.0. The Balaban J connectivity index is 2.01. The van der Waals surface area contributed by atoms with Crippen molar-refractivity contribution in [3.8, 4) is 0 Å². The number of fused-ring (bicyclic) bond motifs is 1. The number of nitrogens with zero attached hydrogens (tertiary/aromatic N) is 1. The number of halogens is 4. The fraction of sp³-hybridized carbons (Fsp3) is 0.316. The molecule has 12 heteroatoms. The van der Waals surface area contributed by atoms with Gasteiger partial charge in [0, 0.05) is 24.5 Å². The molecule has 1 aromatic heterocycles. The highest BCUT2D eigenvalue weighted by atomic mass is 32.2. The standard InChI is InChI=1S/C19H19F4N3O4S/c1-3-18(10-27)7-6-12-15(31(29,30)25-18)9-26(2)16(12)17(28)24-11-4-5-14(20)13(8-11)19(21,22)23/h3-5,8-9,25,27H,1,6-7,10H2,2H3,(H,24,28)/t18-/m0/s1. The number of aryl methyl sites for hydroxylation is 1. The second-order valence-corrected chi connectivity index (χ2v) is 8.85. The van der Waals surface area contributed by atoms with Crippen molar-refractivity contribution in [1.29, 1.82) is 0 Å². The minimum atomic E-state index is -4.95. The first-order valence-corrected chi connectivity index (χ1v) is 10.5. The number of hydrogen-bond acceptors (Lipinski definition) is 4. The second-order valence-electron chi connectivity index (χ2n) is 7.20. The molecule has 0 radical (unpaired) electrons. The van der Waals surface area contributed by atoms with Crippen molar-refractivity contribution < 1.29 is 35.9 Å². The normalized spacial score (nSPS) is 20.6. The smallest absolute Gasteiger partial charge is 0.394 e. The molecule has 7 nitrogen and oxygen atoms in total. The Morgan fingerprint density at radius 3 is 2.68 bits per heavy atom. The molecule has 3 rings (SSSR count). The van der Waals surface area contributed by atoms with Crippen molar-refractivity contribution in [1.82, 2.24) is 9.29 Å². The molecule has 0 bridgehead atoms. The molecule has 168 valence electrons. The van der Waals surface area contributed by atoms with E-state index in [9.17, 15) is 35.9 Å². The van der Waals surface area contributed by atoms with Crippen LogP contribution < -0.4 is 10.0 Å². The lowest BCUT2D eigenvalue weighted by Crippen LogP contribution is -2.48. The third kappa shape index (κ3) is 4.23. The van der Waals surface area contributed by atoms with E-state index >= 15 is 0 Å². The van der Waals surface area contributed by atoms with Crippen LogP contribution >= 0.6 is 0 Å². The van der Waals surface area contributed by atoms with Gasteiger partial charge in [-0.15, -0.1) is 6.58 Å². The quantitative estimate of drug-likeness (QED) is 0.481. The summed E-state index contributed by atoms with van der Waals surface area (Å²) in [5, 5.41) is 11.9. The molecule has 3 N–H and O–H groups in total. The van der Waals surface area contributed by atoms with Crippen LogP contribution in [-0.4, -0.2) is 36.1 Å². The summed E-state index contributed by atoms with van der Waals surface area (Å²) >= 11 is 0. The van der Waals surface area contributed by atoms with E-state index in [0.29, 0.717) is 12.1 Å². The van der Waals surface area contributed by atoms with Gasteiger partial charge in [-0.3, -0.25) is 4.79 Å². The average molecular weight is 461 g/mol. The zero-order valence-corrected chi connectivity index (χ0v) is 17.1. The summed E-state index contributed by atoms with van der Waals surface area (Å²) in [6, 6.07) is 2.01. The zero-order chi connectivity index (χ0) is 23.2. The molecule has 31 heavy (non-hydrogen) atoms. The molecule has 0 unspecified atom stereocenters. The Morgan fingerprint density at radius 2 is 2.10 bits per heavy atom. The SMILES string of the molecule is C=C[C@@]1(CO)CCc2c(cn(C)c2C(=O)Nc2ccc(F)c(C(F)(F)F)c2)S(=O)(=O)N1. The molecule has 0 aliphatic carbocycles. The van der Waals surface area contributed by atoms with Crippen LogP contribution in [0.25, 0.3) is 0 Å². The Kier molecular flexibility index (Phi) is 5.76. The number of amides is 1. The van der Waals surface area contributed by atoms with Gasteiger partial charge in [-0.1, -0.05) is 6.08 Å². The third-order valence-electron chi connectivity index (χ3n) is 5.11. The number of hydrogen-bond donors (Lipinski definition) is 3. The Labute approximate surface area is 175 Å². The van der Waals surface area contributed by atoms with Crippen molar-refractivity contribution in [2.24, 2.45) is 7.05 Å². The van der Waals surface area contributed by atoms with Crippen molar-refractivity contribution in [3.63, 3.8) is 0 Å². The number of carbonyl (C=O) groups excluding carboxylic acids is 1. The van der Waals surface area contributed by atoms with Crippen molar-refractivity contribution in [2.75, 3.05) is 11.9 Å². The second kappa shape index (κ2) is 7.77. The van der Waals surface area contributed by atoms with Crippen LogP contribution in [0.15, 0.2) is 41.9 Å². The summed E-state index contributed by atoms with van der Waals surface area (Å²) in [6.45, 7) is 3.00. The molecule has 1 aliphatic heterocycles. The zero-order valence-electron chi connectivity index (χ0n) is 16.3. The molecule has 1 aromatic carbocycles. The summed E-state index contributed by atoms with van der Waals surface area (Å²) in [5.74, 6) is -2.35. The van der Waals surface area contributed by atoms with Gasteiger partial charge in [0.1, 0.15) is 16.4 Å². The summed E-state index contributed by atoms with van der Waals surface area (Å²) in [7, 11) is -2.72. The number of sulfonamides is 1. The number of alkyl halides is 3. The van der Waals surface area contributed by atoms with Gasteiger partial charge in [0.25, 0.3) is 5.91 Å². The summed E-state index contributed by atoms with van der Waals surface area (Å²) in [4.78, 5) is 12.7. The van der Waals surface area contributed by atoms with E-state index in [1.54, 1.807) is 0 Å². The van der Waals surface area contributed by atoms with Gasteiger partial charge in [0.05, 0.1) is 17.7 Å². The minimum absolute atomic E-state index is 0.0644. The van der Waals surface area contributed by atoms with E-state index in [2.05, 4.69) is 16.6 Å². The topological polar surface area (TPSA) is 100 Å². The maximum Gasteiger partial charge on any atom is 0.419 e. The first-order valence-electron chi connectivity index (χ1n) is 8.98. The van der Waals surface area contributed by atoms with Crippen LogP contribution in [0.1, 0.15) is 28.0 Å². The molecule has 2 aromatic rings. The molecule has 0 saturated heterocycles. The first-order chi connectivity index (χ1) is 14.3. The number of rotatable bonds is 4. The number of carbonyl (C=O) groups is 1. The molecule has 2 heterocycles. The van der Waals surface area contributed by atoms with Crippen LogP contribution in [-0.2, 0) is 29.7 Å². The minimum Gasteiger partial charge on any atom is -0.394 e. The van der Waals surface area contributed by atoms with Gasteiger partial charge in [-0.05, 0) is 31.0 Å². The predicted molar refractivity (Wildman–Crippen MR) is 103 cm³/mol. The van der Waals surface area contributed by atoms with Gasteiger partial charge in [0.15, 0.2) is 0 Å². The highest BCUT2D eigenvalue weighted by molar-refractivity contribution is 7.89. The predicted octanol–water partition coefficient (Wildman–Crippen LogP) is 2.58. The Hall–Kier alpha value is -2.70. The van der Waals surface area contributed by atoms with E-state index in [4.69, 9.17) is 0 Å². The molecular weight excluding hydrogens is 442 g/mol. The summed E-state index contributed by atoms with van der Waals surface area (Å²) < 4.78 is 81.5. The molecule has 1 aliphatic rings. The lowest BCUT2D eigenvalue weighted by molar-refractivity contribution is -0.139. The maximum atomic E-state index is 13.5. The van der Waals surface area contributed by atoms with Crippen molar-refractivity contribution in [2.45, 2.75) is 29.5 Å². The monoisotopic (exact) mass is 461 g/mol. The number of anilines is 1. The number of nitrogens with one attached hydrogen (secondary N) is 2. The van der Waals surface area contributed by atoms with Gasteiger partial charge in [0.2, 0.25) is 10.0 Å². The van der Waals surface area contributed by atoms with E-state index in [1.165, 1.54) is 23.9 Å². The van der Waals surface area contributed by atoms with E-state index in [1.807, 2.05) is 0 Å². The van der Waals surface area contributed by atoms with E-state index < -0.39 is 45.6 Å². The van der Waals surface area contributed by atoms with E-state index in [-0.39, 0.29) is 34.7 Å². The van der Waals surface area contributed by atoms with Crippen LogP contribution in [0.2, 0.25) is 0 Å². The van der Waals surface area contributed by atoms with Gasteiger partial charge in [-0.2, -0.15) is 17.9 Å². The van der Waals surface area contributed by atoms with Gasteiger partial charge in [-0.25, -0.2) is 12.8 Å². The highest BCUT2D eigenvalue weighted by Crippen LogP contribution is 2.34. The van der Waals surface area contributed by atoms with Gasteiger partial charge >= 0.3 is 6.18 Å². The number of aliphatic hydroxyl groups excluding tert-OH is 1. The fourth-order valence-electron chi connectivity index (χ4n) is 3.47. The van der Waals surface area contributed by atoms with Gasteiger partial charge < -0.3 is 15.0 Å². The summed E-state index contributed by atoms with van der Waals surface area (Å²) in [5.41, 5.74) is -3.12. The third-order valence-corrected chi connectivity index (χ3v) is 6.72. The largest absolute Gasteiger partial charge is 0.419 e. The van der Waals surface area contributed by atoms with E-state index in [0.717, 1.165) is 6.07 Å². The molecule has 1 amide bonds. The Morgan fingerprint density at radius 1 is 1.42 bits per heavy atom. The fourth-order valence-corrected chi connectivity index (χ4v) is 5.19. The van der Waals surface area contributed by atoms with Crippen LogP contribution in [0.5, 0.6) is 0 Å². The summed E-state index contributed by atoms with van der Waals surface area (Å²) in [6.07, 6.45) is -2.32. The number of aromatic nitrogens is 1.